The van der Waals surface area contributed by atoms with Gasteiger partial charge in [0.1, 0.15) is 0 Å². The molecule has 5 nitrogen and oxygen atoms in total. The molecule has 84 valence electrons. The number of hydrogen-bond acceptors (Lipinski definition) is 4. The van der Waals surface area contributed by atoms with Gasteiger partial charge in [-0.05, 0) is 30.0 Å². The third kappa shape index (κ3) is 2.14. The smallest absolute Gasteiger partial charge is 0.343 e. The molecular weight excluding hydrogens is 292 g/mol. The van der Waals surface area contributed by atoms with Gasteiger partial charge in [0.05, 0.1) is 0 Å². The topological polar surface area (TPSA) is 76.7 Å². The predicted molar refractivity (Wildman–Crippen MR) is 66.5 cm³/mol. The molecule has 0 unspecified atom stereocenters. The van der Waals surface area contributed by atoms with E-state index < -0.39 is 0 Å². The highest BCUT2D eigenvalue weighted by Crippen LogP contribution is 2.31. The van der Waals surface area contributed by atoms with Crippen molar-refractivity contribution in [2.75, 3.05) is 5.73 Å². The minimum atomic E-state index is -0.240. The maximum atomic E-state index is 11.2. The van der Waals surface area contributed by atoms with Gasteiger partial charge in [0.15, 0.2) is 5.16 Å². The summed E-state index contributed by atoms with van der Waals surface area (Å²) in [6.07, 6.45) is 0. The van der Waals surface area contributed by atoms with Gasteiger partial charge in [0.25, 0.3) is 0 Å². The van der Waals surface area contributed by atoms with Crippen molar-refractivity contribution in [1.29, 1.82) is 0 Å². The maximum absolute atomic E-state index is 11.2. The first kappa shape index (κ1) is 11.3. The van der Waals surface area contributed by atoms with E-state index in [0.717, 1.165) is 9.37 Å². The van der Waals surface area contributed by atoms with Crippen molar-refractivity contribution in [3.8, 4) is 0 Å². The second-order valence-electron chi connectivity index (χ2n) is 3.15. The van der Waals surface area contributed by atoms with Crippen molar-refractivity contribution in [2.45, 2.75) is 10.1 Å². The number of aromatic nitrogens is 3. The number of nitrogens with two attached hydrogens (primary N) is 1. The molecule has 0 aliphatic heterocycles. The quantitative estimate of drug-likeness (QED) is 0.826. The molecule has 0 aliphatic rings. The summed E-state index contributed by atoms with van der Waals surface area (Å²) in [7, 11) is 1.66. The molecule has 2 rings (SSSR count). The molecule has 0 saturated carbocycles. The molecule has 16 heavy (non-hydrogen) atoms. The van der Waals surface area contributed by atoms with Crippen molar-refractivity contribution in [3.05, 3.63) is 33.2 Å². The molecule has 0 amide bonds. The number of halogens is 1. The van der Waals surface area contributed by atoms with Gasteiger partial charge in [-0.1, -0.05) is 15.9 Å². The number of nitrogens with zero attached hydrogens (tertiary/aromatic N) is 2. The number of nitrogens with one attached hydrogen (secondary N) is 1. The Morgan fingerprint density at radius 1 is 1.56 bits per heavy atom. The highest BCUT2D eigenvalue weighted by molar-refractivity contribution is 9.10. The lowest BCUT2D eigenvalue weighted by atomic mass is 10.3. The number of aromatic amines is 1. The Morgan fingerprint density at radius 3 is 2.94 bits per heavy atom. The summed E-state index contributed by atoms with van der Waals surface area (Å²) in [5, 5.41) is 6.85. The van der Waals surface area contributed by atoms with Gasteiger partial charge in [-0.25, -0.2) is 9.89 Å². The SMILES string of the molecule is Cn1c(Sc2cc(Br)ccc2N)n[nH]c1=O. The number of H-pyrrole nitrogens is 1. The number of benzene rings is 1. The van der Waals surface area contributed by atoms with E-state index in [1.807, 2.05) is 12.1 Å². The number of rotatable bonds is 2. The highest BCUT2D eigenvalue weighted by atomic mass is 79.9. The molecule has 0 saturated heterocycles. The summed E-state index contributed by atoms with van der Waals surface area (Å²) < 4.78 is 2.37. The molecule has 2 aromatic rings. The van der Waals surface area contributed by atoms with E-state index in [2.05, 4.69) is 26.1 Å². The van der Waals surface area contributed by atoms with Crippen LogP contribution in [0.25, 0.3) is 0 Å². The van der Waals surface area contributed by atoms with Gasteiger partial charge in [-0.15, -0.1) is 5.10 Å². The van der Waals surface area contributed by atoms with Crippen LogP contribution >= 0.6 is 27.7 Å². The zero-order chi connectivity index (χ0) is 11.7. The first-order valence-corrected chi connectivity index (χ1v) is 6.03. The molecule has 7 heteroatoms. The summed E-state index contributed by atoms with van der Waals surface area (Å²) in [6.45, 7) is 0. The Morgan fingerprint density at radius 2 is 2.31 bits per heavy atom. The van der Waals surface area contributed by atoms with E-state index in [9.17, 15) is 4.79 Å². The Kier molecular flexibility index (Phi) is 3.06. The van der Waals surface area contributed by atoms with Crippen LogP contribution in [-0.2, 0) is 7.05 Å². The van der Waals surface area contributed by atoms with E-state index in [0.29, 0.717) is 10.8 Å². The fourth-order valence-electron chi connectivity index (χ4n) is 1.12. The van der Waals surface area contributed by atoms with Crippen LogP contribution in [0.1, 0.15) is 0 Å². The molecule has 1 aromatic carbocycles. The monoisotopic (exact) mass is 300 g/mol. The normalized spacial score (nSPS) is 10.6. The van der Waals surface area contributed by atoms with E-state index in [1.165, 1.54) is 16.3 Å². The Labute approximate surface area is 104 Å². The van der Waals surface area contributed by atoms with Gasteiger partial charge >= 0.3 is 5.69 Å². The van der Waals surface area contributed by atoms with Crippen LogP contribution in [0.3, 0.4) is 0 Å². The van der Waals surface area contributed by atoms with Crippen LogP contribution in [0.15, 0.2) is 37.5 Å². The average Bonchev–Trinajstić information content (AvgIpc) is 2.55. The molecule has 1 heterocycles. The van der Waals surface area contributed by atoms with Crippen molar-refractivity contribution < 1.29 is 0 Å². The van der Waals surface area contributed by atoms with Crippen molar-refractivity contribution in [1.82, 2.24) is 14.8 Å². The molecular formula is C9H9BrN4OS. The average molecular weight is 301 g/mol. The molecule has 0 fully saturated rings. The third-order valence-electron chi connectivity index (χ3n) is 2.02. The highest BCUT2D eigenvalue weighted by Gasteiger charge is 2.08. The lowest BCUT2D eigenvalue weighted by Gasteiger charge is -2.04. The zero-order valence-corrected chi connectivity index (χ0v) is 10.8. The third-order valence-corrected chi connectivity index (χ3v) is 3.63. The van der Waals surface area contributed by atoms with Crippen LogP contribution in [-0.4, -0.2) is 14.8 Å². The van der Waals surface area contributed by atoms with Gasteiger partial charge in [0.2, 0.25) is 0 Å². The summed E-state index contributed by atoms with van der Waals surface area (Å²) in [6, 6.07) is 5.55. The Hall–Kier alpha value is -1.21. The minimum Gasteiger partial charge on any atom is -0.398 e. The fourth-order valence-corrected chi connectivity index (χ4v) is 2.51. The minimum absolute atomic E-state index is 0.240. The van der Waals surface area contributed by atoms with Crippen LogP contribution in [0, 0.1) is 0 Å². The fraction of sp³-hybridized carbons (Fsp3) is 0.111. The molecule has 0 aliphatic carbocycles. The standard InChI is InChI=1S/C9H9BrN4OS/c1-14-8(15)12-13-9(14)16-7-4-5(10)2-3-6(7)11/h2-4H,11H2,1H3,(H,12,15). The largest absolute Gasteiger partial charge is 0.398 e. The molecule has 0 bridgehead atoms. The number of nitrogen functional groups attached to an aromatic ring is 1. The summed E-state index contributed by atoms with van der Waals surface area (Å²) in [5.74, 6) is 0. The van der Waals surface area contributed by atoms with Crippen molar-refractivity contribution in [3.63, 3.8) is 0 Å². The molecule has 1 aromatic heterocycles. The number of hydrogen-bond donors (Lipinski definition) is 2. The Balaban J connectivity index is 2.37. The second-order valence-corrected chi connectivity index (χ2v) is 5.08. The second kappa shape index (κ2) is 4.34. The van der Waals surface area contributed by atoms with Gasteiger partial charge in [-0.2, -0.15) is 0 Å². The van der Waals surface area contributed by atoms with E-state index in [1.54, 1.807) is 13.1 Å². The maximum Gasteiger partial charge on any atom is 0.343 e. The summed E-state index contributed by atoms with van der Waals surface area (Å²) in [5.41, 5.74) is 6.24. The zero-order valence-electron chi connectivity index (χ0n) is 8.40. The number of anilines is 1. The lowest BCUT2D eigenvalue weighted by molar-refractivity contribution is 0.766. The van der Waals surface area contributed by atoms with Gasteiger partial charge in [-0.3, -0.25) is 4.57 Å². The van der Waals surface area contributed by atoms with E-state index >= 15 is 0 Å². The Bertz CT molecular complexity index is 577. The molecule has 0 radical (unpaired) electrons. The van der Waals surface area contributed by atoms with Crippen LogP contribution in [0.2, 0.25) is 0 Å². The van der Waals surface area contributed by atoms with E-state index in [4.69, 9.17) is 5.73 Å². The molecule has 0 atom stereocenters. The van der Waals surface area contributed by atoms with Crippen molar-refractivity contribution in [2.24, 2.45) is 7.05 Å². The first-order chi connectivity index (χ1) is 7.58. The molecule has 0 spiro atoms. The lowest BCUT2D eigenvalue weighted by Crippen LogP contribution is -2.12. The van der Waals surface area contributed by atoms with Gasteiger partial charge in [0, 0.05) is 22.1 Å². The first-order valence-electron chi connectivity index (χ1n) is 4.42. The van der Waals surface area contributed by atoms with E-state index in [-0.39, 0.29) is 5.69 Å². The predicted octanol–water partition coefficient (Wildman–Crippen LogP) is 1.60. The van der Waals surface area contributed by atoms with Crippen molar-refractivity contribution >= 4 is 33.4 Å². The summed E-state index contributed by atoms with van der Waals surface area (Å²) in [4.78, 5) is 12.0. The molecule has 3 N–H and O–H groups in total. The van der Waals surface area contributed by atoms with Crippen LogP contribution in [0.4, 0.5) is 5.69 Å². The van der Waals surface area contributed by atoms with Gasteiger partial charge < -0.3 is 5.73 Å². The van der Waals surface area contributed by atoms with Crippen LogP contribution < -0.4 is 11.4 Å². The summed E-state index contributed by atoms with van der Waals surface area (Å²) >= 11 is 4.71. The van der Waals surface area contributed by atoms with Crippen LogP contribution in [0.5, 0.6) is 0 Å².